The van der Waals surface area contributed by atoms with Crippen LogP contribution in [-0.4, -0.2) is 51.7 Å². The second-order valence-corrected chi connectivity index (χ2v) is 5.01. The van der Waals surface area contributed by atoms with Crippen LogP contribution in [0.4, 0.5) is 0 Å². The summed E-state index contributed by atoms with van der Waals surface area (Å²) in [4.78, 5) is 23.4. The molecule has 1 aromatic heterocycles. The predicted molar refractivity (Wildman–Crippen MR) is 77.7 cm³/mol. The molecule has 1 fully saturated rings. The number of aryl methyl sites for hydroxylation is 1. The summed E-state index contributed by atoms with van der Waals surface area (Å²) >= 11 is 0. The lowest BCUT2D eigenvalue weighted by atomic mass is 10.1. The number of rotatable bonds is 4. The van der Waals surface area contributed by atoms with Crippen molar-refractivity contribution in [2.45, 2.75) is 32.4 Å². The fourth-order valence-electron chi connectivity index (χ4n) is 2.65. The second kappa shape index (κ2) is 8.39. The number of amides is 1. The number of nitrogens with zero attached hydrogens (tertiary/aromatic N) is 5. The molecule has 0 bridgehead atoms. The van der Waals surface area contributed by atoms with E-state index in [-0.39, 0.29) is 11.9 Å². The number of imidazole rings is 1. The normalized spacial score (nSPS) is 18.6. The smallest absolute Gasteiger partial charge is 0.243 e. The van der Waals surface area contributed by atoms with Crippen LogP contribution >= 0.6 is 0 Å². The summed E-state index contributed by atoms with van der Waals surface area (Å²) in [5.74, 6) is 1.01. The third-order valence-corrected chi connectivity index (χ3v) is 3.61. The van der Waals surface area contributed by atoms with Crippen LogP contribution in [0.25, 0.3) is 0 Å². The minimum absolute atomic E-state index is 0.0358. The van der Waals surface area contributed by atoms with Crippen LogP contribution in [0.15, 0.2) is 12.4 Å². The van der Waals surface area contributed by atoms with Gasteiger partial charge in [-0.1, -0.05) is 0 Å². The van der Waals surface area contributed by atoms with Crippen molar-refractivity contribution in [3.8, 4) is 6.57 Å². The van der Waals surface area contributed by atoms with Crippen molar-refractivity contribution in [3.05, 3.63) is 18.2 Å². The summed E-state index contributed by atoms with van der Waals surface area (Å²) in [6.07, 6.45) is 5.83. The molecule has 116 valence electrons. The highest BCUT2D eigenvalue weighted by Gasteiger charge is 2.27. The molecule has 0 aliphatic carbocycles. The Bertz CT molecular complexity index is 471. The number of hydrogen-bond donors (Lipinski definition) is 0. The van der Waals surface area contributed by atoms with E-state index in [1.54, 1.807) is 14.0 Å². The van der Waals surface area contributed by atoms with Gasteiger partial charge in [0.1, 0.15) is 5.82 Å². The number of carbonyl (C=O) groups excluding carboxylic acids is 1. The van der Waals surface area contributed by atoms with Crippen LogP contribution in [0.1, 0.15) is 25.6 Å². The Balaban J connectivity index is 0.00000106. The highest BCUT2D eigenvalue weighted by atomic mass is 16.7. The van der Waals surface area contributed by atoms with Gasteiger partial charge in [-0.2, -0.15) is 0 Å². The predicted octanol–water partition coefficient (Wildman–Crippen LogP) is 0.934. The second-order valence-electron chi connectivity index (χ2n) is 5.01. The third kappa shape index (κ3) is 4.55. The molecule has 0 radical (unpaired) electrons. The summed E-state index contributed by atoms with van der Waals surface area (Å²) in [5, 5.41) is 7.99. The molecule has 1 aliphatic rings. The summed E-state index contributed by atoms with van der Waals surface area (Å²) in [6, 6.07) is 0.136. The first-order valence-corrected chi connectivity index (χ1v) is 6.90. The summed E-state index contributed by atoms with van der Waals surface area (Å²) < 4.78 is 2.03. The van der Waals surface area contributed by atoms with Gasteiger partial charge in [-0.3, -0.25) is 14.5 Å². The monoisotopic (exact) mass is 293 g/mol. The van der Waals surface area contributed by atoms with Crippen molar-refractivity contribution >= 4 is 5.91 Å². The Kier molecular flexibility index (Phi) is 6.85. The molecule has 21 heavy (non-hydrogen) atoms. The number of carbonyl (C=O) groups is 1. The lowest BCUT2D eigenvalue weighted by Gasteiger charge is -2.37. The topological polar surface area (TPSA) is 74.4 Å². The summed E-state index contributed by atoms with van der Waals surface area (Å²) in [7, 11) is 3.56. The average Bonchev–Trinajstić information content (AvgIpc) is 2.87. The Morgan fingerprint density at radius 1 is 1.62 bits per heavy atom. The molecule has 1 aromatic rings. The van der Waals surface area contributed by atoms with E-state index in [4.69, 9.17) is 10.1 Å². The fraction of sp³-hybridized carbons (Fsp3) is 0.643. The van der Waals surface area contributed by atoms with E-state index < -0.39 is 0 Å². The van der Waals surface area contributed by atoms with E-state index >= 15 is 0 Å². The Morgan fingerprint density at radius 2 is 2.33 bits per heavy atom. The van der Waals surface area contributed by atoms with Gasteiger partial charge in [-0.15, -0.1) is 0 Å². The van der Waals surface area contributed by atoms with Gasteiger partial charge in [0.2, 0.25) is 5.91 Å². The van der Waals surface area contributed by atoms with Gasteiger partial charge < -0.3 is 4.57 Å². The molecule has 0 saturated carbocycles. The minimum atomic E-state index is -0.0358. The number of hydrogen-bond acceptors (Lipinski definition) is 5. The molecule has 7 heteroatoms. The van der Waals surface area contributed by atoms with Crippen molar-refractivity contribution < 1.29 is 9.63 Å². The van der Waals surface area contributed by atoms with Gasteiger partial charge >= 0.3 is 0 Å². The van der Waals surface area contributed by atoms with Gasteiger partial charge in [0.15, 0.2) is 0 Å². The largest absolute Gasteiger partial charge is 0.337 e. The maximum absolute atomic E-state index is 11.5. The number of hydroxylamine groups is 2. The zero-order valence-electron chi connectivity index (χ0n) is 12.9. The van der Waals surface area contributed by atoms with E-state index in [1.165, 1.54) is 5.06 Å². The maximum Gasteiger partial charge on any atom is 0.243 e. The lowest BCUT2D eigenvalue weighted by molar-refractivity contribution is -0.191. The molecule has 0 aromatic carbocycles. The van der Waals surface area contributed by atoms with Gasteiger partial charge in [-0.05, 0) is 19.4 Å². The molecule has 0 spiro atoms. The van der Waals surface area contributed by atoms with Crippen LogP contribution in [-0.2, 0) is 23.2 Å². The maximum atomic E-state index is 11.5. The first-order valence-electron chi connectivity index (χ1n) is 6.90. The van der Waals surface area contributed by atoms with E-state index in [1.807, 2.05) is 24.0 Å². The Hall–Kier alpha value is -1.91. The van der Waals surface area contributed by atoms with E-state index in [0.29, 0.717) is 0 Å². The van der Waals surface area contributed by atoms with Gasteiger partial charge in [0, 0.05) is 39.5 Å². The van der Waals surface area contributed by atoms with Crippen LogP contribution in [0.3, 0.4) is 0 Å². The number of likely N-dealkylation sites (tertiary alicyclic amines) is 1. The molecule has 1 aliphatic heterocycles. The highest BCUT2D eigenvalue weighted by molar-refractivity contribution is 5.72. The molecule has 0 N–H and O–H groups in total. The number of piperidine rings is 1. The van der Waals surface area contributed by atoms with E-state index in [9.17, 15) is 4.79 Å². The van der Waals surface area contributed by atoms with Crippen molar-refractivity contribution in [3.63, 3.8) is 0 Å². The number of nitriles is 1. The molecule has 1 amide bonds. The van der Waals surface area contributed by atoms with Gasteiger partial charge in [0.25, 0.3) is 0 Å². The molecule has 2 heterocycles. The molecule has 1 saturated heterocycles. The standard InChI is InChI=1S/C13H22N4O2.CHN/c1-11(18)17(19-3)12-5-4-7-16(9-12)10-13-14-6-8-15(13)2;1-2/h6,8,12H,4-5,7,9-10H2,1-3H3;1H. The zero-order chi connectivity index (χ0) is 15.8. The van der Waals surface area contributed by atoms with Crippen LogP contribution in [0.2, 0.25) is 0 Å². The van der Waals surface area contributed by atoms with Crippen molar-refractivity contribution in [2.24, 2.45) is 7.05 Å². The Labute approximate surface area is 125 Å². The average molecular weight is 293 g/mol. The third-order valence-electron chi connectivity index (χ3n) is 3.61. The van der Waals surface area contributed by atoms with Gasteiger partial charge in [0.05, 0.1) is 19.7 Å². The highest BCUT2D eigenvalue weighted by Crippen LogP contribution is 2.17. The van der Waals surface area contributed by atoms with Crippen molar-refractivity contribution in [2.75, 3.05) is 20.2 Å². The number of aromatic nitrogens is 2. The van der Waals surface area contributed by atoms with Crippen LogP contribution in [0, 0.1) is 11.8 Å². The minimum Gasteiger partial charge on any atom is -0.337 e. The zero-order valence-corrected chi connectivity index (χ0v) is 12.9. The molecular formula is C14H23N5O2. The Morgan fingerprint density at radius 3 is 2.86 bits per heavy atom. The van der Waals surface area contributed by atoms with E-state index in [0.717, 1.165) is 38.3 Å². The SMILES string of the molecule is C#N.CON(C(C)=O)C1CCCN(Cc2nccn2C)C1. The lowest BCUT2D eigenvalue weighted by Crippen LogP contribution is -2.49. The van der Waals surface area contributed by atoms with Crippen LogP contribution < -0.4 is 0 Å². The van der Waals surface area contributed by atoms with Crippen molar-refractivity contribution in [1.29, 1.82) is 5.26 Å². The molecule has 2 rings (SSSR count). The molecular weight excluding hydrogens is 270 g/mol. The molecule has 7 nitrogen and oxygen atoms in total. The van der Waals surface area contributed by atoms with Gasteiger partial charge in [-0.25, -0.2) is 15.3 Å². The van der Waals surface area contributed by atoms with Crippen LogP contribution in [0.5, 0.6) is 0 Å². The van der Waals surface area contributed by atoms with Crippen molar-refractivity contribution in [1.82, 2.24) is 19.5 Å². The fourth-order valence-corrected chi connectivity index (χ4v) is 2.65. The molecule has 1 atom stereocenters. The van der Waals surface area contributed by atoms with E-state index in [2.05, 4.69) is 16.5 Å². The summed E-state index contributed by atoms with van der Waals surface area (Å²) in [5.41, 5.74) is 0. The first kappa shape index (κ1) is 17.1. The summed E-state index contributed by atoms with van der Waals surface area (Å²) in [6.45, 7) is 7.73. The molecule has 1 unspecified atom stereocenters. The first-order chi connectivity index (χ1) is 10.1. The quantitative estimate of drug-likeness (QED) is 0.772.